The van der Waals surface area contributed by atoms with E-state index in [9.17, 15) is 14.4 Å². The summed E-state index contributed by atoms with van der Waals surface area (Å²) in [7, 11) is 0. The van der Waals surface area contributed by atoms with E-state index in [0.29, 0.717) is 17.1 Å². The summed E-state index contributed by atoms with van der Waals surface area (Å²) in [6.07, 6.45) is 4.67. The number of carbonyl (C=O) groups excluding carboxylic acids is 3. The zero-order valence-electron chi connectivity index (χ0n) is 15.2. The Kier molecular flexibility index (Phi) is 6.55. The summed E-state index contributed by atoms with van der Waals surface area (Å²) in [6.45, 7) is 6.52. The van der Waals surface area contributed by atoms with Crippen molar-refractivity contribution in [1.82, 2.24) is 0 Å². The predicted octanol–water partition coefficient (Wildman–Crippen LogP) is 3.38. The molecule has 140 valence electrons. The molecule has 0 unspecified atom stereocenters. The number of ether oxygens (including phenoxy) is 3. The molecule has 1 fully saturated rings. The van der Waals surface area contributed by atoms with Crippen molar-refractivity contribution < 1.29 is 28.6 Å². The van der Waals surface area contributed by atoms with E-state index < -0.39 is 29.9 Å². The van der Waals surface area contributed by atoms with Gasteiger partial charge in [0.1, 0.15) is 17.1 Å². The molecule has 1 aromatic carbocycles. The third-order valence-corrected chi connectivity index (χ3v) is 4.23. The van der Waals surface area contributed by atoms with Crippen LogP contribution < -0.4 is 9.47 Å². The maximum Gasteiger partial charge on any atom is 0.378 e. The molecule has 26 heavy (non-hydrogen) atoms. The number of ketones is 1. The fraction of sp³-hybridized carbons (Fsp3) is 0.450. The molecule has 0 bridgehead atoms. The Bertz CT molecular complexity index is 683. The largest absolute Gasteiger partial charge is 0.485 e. The Morgan fingerprint density at radius 1 is 1.00 bits per heavy atom. The van der Waals surface area contributed by atoms with Gasteiger partial charge in [-0.25, -0.2) is 9.59 Å². The second-order valence-electron chi connectivity index (χ2n) is 6.75. The van der Waals surface area contributed by atoms with Gasteiger partial charge in [-0.1, -0.05) is 13.0 Å². The maximum absolute atomic E-state index is 12.0. The zero-order chi connectivity index (χ0) is 19.2. The second kappa shape index (κ2) is 8.65. The molecule has 1 aromatic rings. The van der Waals surface area contributed by atoms with Gasteiger partial charge in [-0.05, 0) is 63.8 Å². The number of esters is 2. The average molecular weight is 360 g/mol. The van der Waals surface area contributed by atoms with Gasteiger partial charge in [-0.15, -0.1) is 0 Å². The van der Waals surface area contributed by atoms with Crippen LogP contribution in [-0.4, -0.2) is 29.9 Å². The number of rotatable bonds is 7. The molecule has 0 amide bonds. The highest BCUT2D eigenvalue weighted by atomic mass is 16.6. The standard InChI is InChI=1S/C20H24O6/c1-14(2)18(22)25-16-9-7-15(8-10-16)24-13-17(21)19(23)26-20(3)11-5-4-6-12-20/h7-10H,1,4-6,11-13H2,2-3H3. The van der Waals surface area contributed by atoms with Crippen LogP contribution in [0.2, 0.25) is 0 Å². The summed E-state index contributed by atoms with van der Waals surface area (Å²) in [4.78, 5) is 35.3. The van der Waals surface area contributed by atoms with Crippen LogP contribution in [0.15, 0.2) is 36.4 Å². The highest BCUT2D eigenvalue weighted by Crippen LogP contribution is 2.31. The van der Waals surface area contributed by atoms with Gasteiger partial charge in [0.2, 0.25) is 0 Å². The van der Waals surface area contributed by atoms with E-state index in [2.05, 4.69) is 6.58 Å². The highest BCUT2D eigenvalue weighted by Gasteiger charge is 2.33. The minimum absolute atomic E-state index is 0.293. The lowest BCUT2D eigenvalue weighted by molar-refractivity contribution is -0.168. The van der Waals surface area contributed by atoms with Crippen molar-refractivity contribution in [3.8, 4) is 11.5 Å². The molecule has 0 aliphatic heterocycles. The normalized spacial score (nSPS) is 15.6. The Hall–Kier alpha value is -2.63. The van der Waals surface area contributed by atoms with Crippen molar-refractivity contribution in [3.63, 3.8) is 0 Å². The van der Waals surface area contributed by atoms with Crippen molar-refractivity contribution in [3.05, 3.63) is 36.4 Å². The van der Waals surface area contributed by atoms with E-state index in [4.69, 9.17) is 14.2 Å². The molecule has 1 saturated carbocycles. The first kappa shape index (κ1) is 19.7. The van der Waals surface area contributed by atoms with Crippen molar-refractivity contribution in [1.29, 1.82) is 0 Å². The fourth-order valence-electron chi connectivity index (χ4n) is 2.69. The summed E-state index contributed by atoms with van der Waals surface area (Å²) < 4.78 is 15.7. The van der Waals surface area contributed by atoms with E-state index in [-0.39, 0.29) is 0 Å². The van der Waals surface area contributed by atoms with Crippen LogP contribution in [0.3, 0.4) is 0 Å². The smallest absolute Gasteiger partial charge is 0.378 e. The summed E-state index contributed by atoms with van der Waals surface area (Å²) in [6, 6.07) is 6.15. The number of Topliss-reactive ketones (excluding diaryl/α,β-unsaturated/α-hetero) is 1. The van der Waals surface area contributed by atoms with E-state index in [1.165, 1.54) is 12.1 Å². The van der Waals surface area contributed by atoms with Crippen LogP contribution in [0.1, 0.15) is 46.0 Å². The lowest BCUT2D eigenvalue weighted by Crippen LogP contribution is -2.37. The number of hydrogen-bond donors (Lipinski definition) is 0. The van der Waals surface area contributed by atoms with Gasteiger partial charge in [-0.3, -0.25) is 4.79 Å². The van der Waals surface area contributed by atoms with Crippen molar-refractivity contribution in [2.45, 2.75) is 51.6 Å². The first-order valence-corrected chi connectivity index (χ1v) is 8.66. The molecule has 0 heterocycles. The van der Waals surface area contributed by atoms with Gasteiger partial charge in [-0.2, -0.15) is 0 Å². The van der Waals surface area contributed by atoms with Gasteiger partial charge < -0.3 is 14.2 Å². The van der Waals surface area contributed by atoms with E-state index in [1.54, 1.807) is 19.1 Å². The molecule has 6 heteroatoms. The van der Waals surface area contributed by atoms with Gasteiger partial charge >= 0.3 is 11.9 Å². The molecular weight excluding hydrogens is 336 g/mol. The maximum atomic E-state index is 12.0. The summed E-state index contributed by atoms with van der Waals surface area (Å²) >= 11 is 0. The number of hydrogen-bond acceptors (Lipinski definition) is 6. The van der Waals surface area contributed by atoms with Crippen molar-refractivity contribution >= 4 is 17.7 Å². The molecule has 0 atom stereocenters. The van der Waals surface area contributed by atoms with Crippen molar-refractivity contribution in [2.75, 3.05) is 6.61 Å². The van der Waals surface area contributed by atoms with Crippen LogP contribution in [-0.2, 0) is 19.1 Å². The molecule has 0 spiro atoms. The molecule has 1 aliphatic carbocycles. The van der Waals surface area contributed by atoms with Gasteiger partial charge in [0.15, 0.2) is 6.61 Å². The fourth-order valence-corrected chi connectivity index (χ4v) is 2.69. The second-order valence-corrected chi connectivity index (χ2v) is 6.75. The van der Waals surface area contributed by atoms with Crippen LogP contribution >= 0.6 is 0 Å². The van der Waals surface area contributed by atoms with E-state index in [1.807, 2.05) is 6.92 Å². The lowest BCUT2D eigenvalue weighted by Gasteiger charge is -2.32. The lowest BCUT2D eigenvalue weighted by atomic mass is 9.86. The predicted molar refractivity (Wildman–Crippen MR) is 95.0 cm³/mol. The monoisotopic (exact) mass is 360 g/mol. The Morgan fingerprint density at radius 3 is 2.15 bits per heavy atom. The third-order valence-electron chi connectivity index (χ3n) is 4.23. The van der Waals surface area contributed by atoms with E-state index in [0.717, 1.165) is 32.1 Å². The zero-order valence-corrected chi connectivity index (χ0v) is 15.2. The quantitative estimate of drug-likeness (QED) is 0.321. The van der Waals surface area contributed by atoms with Crippen LogP contribution in [0, 0.1) is 0 Å². The summed E-state index contributed by atoms with van der Waals surface area (Å²) in [5.41, 5.74) is -0.263. The van der Waals surface area contributed by atoms with Crippen molar-refractivity contribution in [2.24, 2.45) is 0 Å². The molecule has 0 N–H and O–H groups in total. The first-order chi connectivity index (χ1) is 12.3. The molecule has 0 saturated heterocycles. The van der Waals surface area contributed by atoms with Gasteiger partial charge in [0.05, 0.1) is 0 Å². The summed E-state index contributed by atoms with van der Waals surface area (Å²) in [5, 5.41) is 0. The first-order valence-electron chi connectivity index (χ1n) is 8.66. The number of benzene rings is 1. The molecule has 0 radical (unpaired) electrons. The van der Waals surface area contributed by atoms with Gasteiger partial charge in [0.25, 0.3) is 5.78 Å². The van der Waals surface area contributed by atoms with Crippen LogP contribution in [0.25, 0.3) is 0 Å². The molecular formula is C20H24O6. The Labute approximate surface area is 153 Å². The minimum Gasteiger partial charge on any atom is -0.485 e. The van der Waals surface area contributed by atoms with Gasteiger partial charge in [0, 0.05) is 5.57 Å². The molecule has 2 rings (SSSR count). The average Bonchev–Trinajstić information content (AvgIpc) is 2.60. The van der Waals surface area contributed by atoms with Crippen LogP contribution in [0.4, 0.5) is 0 Å². The topological polar surface area (TPSA) is 78.9 Å². The highest BCUT2D eigenvalue weighted by molar-refractivity contribution is 6.34. The third kappa shape index (κ3) is 5.72. The summed E-state index contributed by atoms with van der Waals surface area (Å²) in [5.74, 6) is -1.39. The Morgan fingerprint density at radius 2 is 1.58 bits per heavy atom. The minimum atomic E-state index is -0.860. The molecule has 0 aromatic heterocycles. The number of carbonyl (C=O) groups is 3. The van der Waals surface area contributed by atoms with E-state index >= 15 is 0 Å². The molecule has 6 nitrogen and oxygen atoms in total. The Balaban J connectivity index is 1.82. The van der Waals surface area contributed by atoms with Crippen LogP contribution in [0.5, 0.6) is 11.5 Å². The molecule has 1 aliphatic rings. The SMILES string of the molecule is C=C(C)C(=O)Oc1ccc(OCC(=O)C(=O)OC2(C)CCCCC2)cc1.